The molecule has 2 aliphatic rings. The highest BCUT2D eigenvalue weighted by atomic mass is 16.5. The Morgan fingerprint density at radius 2 is 2.04 bits per heavy atom. The van der Waals surface area contributed by atoms with E-state index < -0.39 is 5.91 Å². The van der Waals surface area contributed by atoms with Gasteiger partial charge in [0.05, 0.1) is 6.10 Å². The average molecular weight is 341 g/mol. The van der Waals surface area contributed by atoms with Crippen molar-refractivity contribution in [2.45, 2.75) is 31.8 Å². The highest BCUT2D eigenvalue weighted by Gasteiger charge is 2.49. The number of nitrogens with two attached hydrogens (primary N) is 1. The van der Waals surface area contributed by atoms with E-state index >= 15 is 0 Å². The number of nitrogens with zero attached hydrogens (tertiary/aromatic N) is 1. The second kappa shape index (κ2) is 6.19. The lowest BCUT2D eigenvalue weighted by Crippen LogP contribution is -2.54. The largest absolute Gasteiger partial charge is 0.368 e. The molecule has 1 aromatic carbocycles. The highest BCUT2D eigenvalue weighted by molar-refractivity contribution is 5.98. The van der Waals surface area contributed by atoms with Crippen LogP contribution in [0.3, 0.4) is 0 Å². The molecular formula is C19H23N3O3. The van der Waals surface area contributed by atoms with Gasteiger partial charge in [-0.1, -0.05) is 0 Å². The maximum Gasteiger partial charge on any atom is 0.253 e. The second-order valence-corrected chi connectivity index (χ2v) is 7.24. The Labute approximate surface area is 146 Å². The maximum absolute atomic E-state index is 12.8. The molecule has 132 valence electrons. The van der Waals surface area contributed by atoms with Gasteiger partial charge in [-0.05, 0) is 49.9 Å². The summed E-state index contributed by atoms with van der Waals surface area (Å²) in [6.07, 6.45) is 5.92. The van der Waals surface area contributed by atoms with Crippen molar-refractivity contribution < 1.29 is 14.3 Å². The van der Waals surface area contributed by atoms with Crippen molar-refractivity contribution in [1.29, 1.82) is 0 Å². The van der Waals surface area contributed by atoms with Crippen molar-refractivity contribution in [2.24, 2.45) is 11.1 Å². The van der Waals surface area contributed by atoms with Crippen LogP contribution in [-0.2, 0) is 9.53 Å². The zero-order valence-corrected chi connectivity index (χ0v) is 14.2. The van der Waals surface area contributed by atoms with Crippen LogP contribution >= 0.6 is 0 Å². The van der Waals surface area contributed by atoms with Crippen LogP contribution in [0.25, 0.3) is 10.9 Å². The number of benzene rings is 1. The fourth-order valence-electron chi connectivity index (χ4n) is 4.21. The van der Waals surface area contributed by atoms with Crippen molar-refractivity contribution in [3.63, 3.8) is 0 Å². The minimum absolute atomic E-state index is 0.00819. The van der Waals surface area contributed by atoms with Gasteiger partial charge in [0.2, 0.25) is 5.91 Å². The molecule has 25 heavy (non-hydrogen) atoms. The molecule has 3 N–H and O–H groups in total. The first-order valence-electron chi connectivity index (χ1n) is 8.84. The third-order valence-corrected chi connectivity index (χ3v) is 5.86. The summed E-state index contributed by atoms with van der Waals surface area (Å²) in [5.74, 6) is -0.332. The van der Waals surface area contributed by atoms with Gasteiger partial charge in [0, 0.05) is 41.2 Å². The van der Waals surface area contributed by atoms with E-state index in [1.807, 2.05) is 35.4 Å². The van der Waals surface area contributed by atoms with Crippen LogP contribution in [0, 0.1) is 5.41 Å². The summed E-state index contributed by atoms with van der Waals surface area (Å²) < 4.78 is 5.67. The van der Waals surface area contributed by atoms with Crippen LogP contribution in [0.1, 0.15) is 36.0 Å². The lowest BCUT2D eigenvalue weighted by Gasteiger charge is -2.53. The molecule has 1 aromatic heterocycles. The molecule has 1 spiro atoms. The number of H-pyrrole nitrogens is 1. The number of hydrogen-bond acceptors (Lipinski definition) is 3. The molecule has 1 aliphatic heterocycles. The molecule has 6 heteroatoms. The van der Waals surface area contributed by atoms with Crippen LogP contribution in [-0.4, -0.2) is 47.5 Å². The van der Waals surface area contributed by atoms with E-state index in [0.717, 1.165) is 55.2 Å². The summed E-state index contributed by atoms with van der Waals surface area (Å²) in [5.41, 5.74) is 7.07. The molecule has 6 nitrogen and oxygen atoms in total. The van der Waals surface area contributed by atoms with Gasteiger partial charge in [-0.25, -0.2) is 0 Å². The summed E-state index contributed by atoms with van der Waals surface area (Å²) >= 11 is 0. The van der Waals surface area contributed by atoms with Gasteiger partial charge in [-0.2, -0.15) is 0 Å². The van der Waals surface area contributed by atoms with Crippen molar-refractivity contribution >= 4 is 22.7 Å². The number of nitrogens with one attached hydrogen (secondary N) is 1. The fraction of sp³-hybridized carbons (Fsp3) is 0.474. The summed E-state index contributed by atoms with van der Waals surface area (Å²) in [6, 6.07) is 7.76. The number of likely N-dealkylation sites (tertiary alicyclic amines) is 1. The van der Waals surface area contributed by atoms with E-state index in [1.165, 1.54) is 0 Å². The third-order valence-electron chi connectivity index (χ3n) is 5.86. The van der Waals surface area contributed by atoms with E-state index in [0.29, 0.717) is 0 Å². The summed E-state index contributed by atoms with van der Waals surface area (Å²) in [5, 5.41) is 1.05. The first-order valence-corrected chi connectivity index (χ1v) is 8.84. The van der Waals surface area contributed by atoms with Crippen molar-refractivity contribution in [1.82, 2.24) is 9.88 Å². The minimum atomic E-state index is -0.421. The normalized spacial score (nSPS) is 22.1. The topological polar surface area (TPSA) is 88.4 Å². The predicted molar refractivity (Wildman–Crippen MR) is 94.0 cm³/mol. The van der Waals surface area contributed by atoms with E-state index in [2.05, 4.69) is 4.98 Å². The van der Waals surface area contributed by atoms with E-state index in [9.17, 15) is 9.59 Å². The first-order chi connectivity index (χ1) is 12.1. The van der Waals surface area contributed by atoms with Crippen LogP contribution < -0.4 is 5.73 Å². The molecule has 2 amide bonds. The zero-order chi connectivity index (χ0) is 17.4. The quantitative estimate of drug-likeness (QED) is 0.892. The SMILES string of the molecule is NC(=O)COC1CCC12CCN(C(=O)c1ccc3[nH]ccc3c1)CC2. The Kier molecular flexibility index (Phi) is 4.00. The average Bonchev–Trinajstić information content (AvgIpc) is 3.08. The molecule has 1 saturated carbocycles. The number of fused-ring (bicyclic) bond motifs is 1. The number of primary amides is 1. The van der Waals surface area contributed by atoms with Gasteiger partial charge >= 0.3 is 0 Å². The number of rotatable bonds is 4. The molecular weight excluding hydrogens is 318 g/mol. The standard InChI is InChI=1S/C19H23N3O3/c20-17(23)12-25-16-3-5-19(16)6-9-22(10-7-19)18(24)14-1-2-15-13(11-14)4-8-21-15/h1-2,4,8,11,16,21H,3,5-7,9-10,12H2,(H2,20,23). The maximum atomic E-state index is 12.8. The number of amides is 2. The third kappa shape index (κ3) is 2.91. The minimum Gasteiger partial charge on any atom is -0.368 e. The van der Waals surface area contributed by atoms with Crippen molar-refractivity contribution in [2.75, 3.05) is 19.7 Å². The molecule has 1 unspecified atom stereocenters. The molecule has 2 heterocycles. The van der Waals surface area contributed by atoms with Gasteiger partial charge in [0.1, 0.15) is 6.61 Å². The Morgan fingerprint density at radius 3 is 2.72 bits per heavy atom. The van der Waals surface area contributed by atoms with Crippen LogP contribution in [0.2, 0.25) is 0 Å². The van der Waals surface area contributed by atoms with E-state index in [-0.39, 0.29) is 24.0 Å². The van der Waals surface area contributed by atoms with Gasteiger partial charge in [0.15, 0.2) is 0 Å². The summed E-state index contributed by atoms with van der Waals surface area (Å²) in [7, 11) is 0. The summed E-state index contributed by atoms with van der Waals surface area (Å²) in [4.78, 5) is 28.8. The lowest BCUT2D eigenvalue weighted by molar-refractivity contribution is -0.148. The fourth-order valence-corrected chi connectivity index (χ4v) is 4.21. The van der Waals surface area contributed by atoms with Gasteiger partial charge in [-0.15, -0.1) is 0 Å². The van der Waals surface area contributed by atoms with Crippen molar-refractivity contribution in [3.05, 3.63) is 36.0 Å². The number of aromatic amines is 1. The van der Waals surface area contributed by atoms with Gasteiger partial charge < -0.3 is 20.4 Å². The number of aromatic nitrogens is 1. The molecule has 4 rings (SSSR count). The summed E-state index contributed by atoms with van der Waals surface area (Å²) in [6.45, 7) is 1.46. The number of carbonyl (C=O) groups excluding carboxylic acids is 2. The Bertz CT molecular complexity index is 805. The Balaban J connectivity index is 1.39. The van der Waals surface area contributed by atoms with E-state index in [1.54, 1.807) is 0 Å². The highest BCUT2D eigenvalue weighted by Crippen LogP contribution is 2.50. The Hall–Kier alpha value is -2.34. The number of ether oxygens (including phenoxy) is 1. The van der Waals surface area contributed by atoms with Crippen LogP contribution in [0.4, 0.5) is 0 Å². The number of hydrogen-bond donors (Lipinski definition) is 2. The molecule has 0 bridgehead atoms. The number of carbonyl (C=O) groups is 2. The lowest BCUT2D eigenvalue weighted by atomic mass is 9.60. The van der Waals surface area contributed by atoms with Crippen LogP contribution in [0.5, 0.6) is 0 Å². The molecule has 1 atom stereocenters. The van der Waals surface area contributed by atoms with Gasteiger partial charge in [-0.3, -0.25) is 9.59 Å². The molecule has 1 saturated heterocycles. The molecule has 2 aromatic rings. The van der Waals surface area contributed by atoms with Gasteiger partial charge in [0.25, 0.3) is 5.91 Å². The molecule has 0 radical (unpaired) electrons. The monoisotopic (exact) mass is 341 g/mol. The molecule has 1 aliphatic carbocycles. The Morgan fingerprint density at radius 1 is 1.24 bits per heavy atom. The van der Waals surface area contributed by atoms with Crippen molar-refractivity contribution in [3.8, 4) is 0 Å². The van der Waals surface area contributed by atoms with E-state index in [4.69, 9.17) is 10.5 Å². The number of piperidine rings is 1. The first kappa shape index (κ1) is 16.1. The van der Waals surface area contributed by atoms with Crippen LogP contribution in [0.15, 0.2) is 30.5 Å². The predicted octanol–water partition coefficient (Wildman–Crippen LogP) is 2.05. The smallest absolute Gasteiger partial charge is 0.253 e. The molecule has 2 fully saturated rings. The zero-order valence-electron chi connectivity index (χ0n) is 14.2. The second-order valence-electron chi connectivity index (χ2n) is 7.24.